The second-order valence-electron chi connectivity index (χ2n) is 4.46. The van der Waals surface area contributed by atoms with E-state index in [1.165, 1.54) is 44.9 Å². The molecule has 0 aromatic heterocycles. The van der Waals surface area contributed by atoms with Crippen LogP contribution in [0.4, 0.5) is 0 Å². The van der Waals surface area contributed by atoms with Crippen molar-refractivity contribution in [2.45, 2.75) is 65.7 Å². The van der Waals surface area contributed by atoms with Crippen LogP contribution in [0, 0.1) is 11.8 Å². The fourth-order valence-electron chi connectivity index (χ4n) is 2.56. The van der Waals surface area contributed by atoms with Crippen LogP contribution in [-0.4, -0.2) is 6.54 Å². The maximum absolute atomic E-state index is 5.69. The molecule has 0 bridgehead atoms. The summed E-state index contributed by atoms with van der Waals surface area (Å²) in [4.78, 5) is 0. The molecule has 0 saturated carbocycles. The highest BCUT2D eigenvalue weighted by Gasteiger charge is 2.18. The van der Waals surface area contributed by atoms with Gasteiger partial charge in [-0.15, -0.1) is 0 Å². The van der Waals surface area contributed by atoms with Gasteiger partial charge in [-0.2, -0.15) is 0 Å². The highest BCUT2D eigenvalue weighted by atomic mass is 14.5. The van der Waals surface area contributed by atoms with Gasteiger partial charge in [0.25, 0.3) is 0 Å². The van der Waals surface area contributed by atoms with E-state index in [9.17, 15) is 0 Å². The summed E-state index contributed by atoms with van der Waals surface area (Å²) in [5, 5.41) is 0. The molecule has 1 nitrogen and oxygen atoms in total. The van der Waals surface area contributed by atoms with Crippen LogP contribution < -0.4 is 5.73 Å². The van der Waals surface area contributed by atoms with Gasteiger partial charge in [-0.05, 0) is 24.8 Å². The van der Waals surface area contributed by atoms with Crippen molar-refractivity contribution in [1.82, 2.24) is 0 Å². The topological polar surface area (TPSA) is 26.0 Å². The van der Waals surface area contributed by atoms with Gasteiger partial charge in [-0.25, -0.2) is 0 Å². The smallest absolute Gasteiger partial charge is 0.00745 e. The lowest BCUT2D eigenvalue weighted by Gasteiger charge is -2.26. The molecule has 0 aliphatic carbocycles. The Morgan fingerprint density at radius 2 is 1.07 bits per heavy atom. The van der Waals surface area contributed by atoms with Crippen molar-refractivity contribution in [2.75, 3.05) is 6.54 Å². The molecule has 14 heavy (non-hydrogen) atoms. The fraction of sp³-hybridized carbons (Fsp3) is 1.00. The number of hydrogen-bond donors (Lipinski definition) is 1. The quantitative estimate of drug-likeness (QED) is 0.597. The molecule has 2 N–H and O–H groups in total. The molecule has 86 valence electrons. The minimum atomic E-state index is 0.870. The fourth-order valence-corrected chi connectivity index (χ4v) is 2.56. The maximum atomic E-state index is 5.69. The number of nitrogens with two attached hydrogens (primary N) is 1. The van der Waals surface area contributed by atoms with E-state index in [1.54, 1.807) is 0 Å². The first-order valence-electron chi connectivity index (χ1n) is 6.50. The lowest BCUT2D eigenvalue weighted by molar-refractivity contribution is 0.259. The van der Waals surface area contributed by atoms with Crippen molar-refractivity contribution in [3.05, 3.63) is 0 Å². The van der Waals surface area contributed by atoms with Gasteiger partial charge in [0.15, 0.2) is 0 Å². The molecule has 0 saturated heterocycles. The van der Waals surface area contributed by atoms with Crippen molar-refractivity contribution in [1.29, 1.82) is 0 Å². The lowest BCUT2D eigenvalue weighted by Crippen LogP contribution is -2.18. The molecule has 0 heterocycles. The van der Waals surface area contributed by atoms with Crippen LogP contribution in [0.5, 0.6) is 0 Å². The average molecular weight is 199 g/mol. The van der Waals surface area contributed by atoms with Gasteiger partial charge >= 0.3 is 0 Å². The van der Waals surface area contributed by atoms with Crippen LogP contribution in [0.1, 0.15) is 65.7 Å². The van der Waals surface area contributed by atoms with Crippen molar-refractivity contribution in [2.24, 2.45) is 17.6 Å². The monoisotopic (exact) mass is 199 g/mol. The lowest BCUT2D eigenvalue weighted by atomic mass is 9.80. The average Bonchev–Trinajstić information content (AvgIpc) is 2.17. The summed E-state index contributed by atoms with van der Waals surface area (Å²) in [6, 6.07) is 0. The Kier molecular flexibility index (Phi) is 9.49. The van der Waals surface area contributed by atoms with Crippen molar-refractivity contribution < 1.29 is 0 Å². The molecule has 0 radical (unpaired) electrons. The van der Waals surface area contributed by atoms with Crippen LogP contribution in [0.25, 0.3) is 0 Å². The predicted molar refractivity (Wildman–Crippen MR) is 65.4 cm³/mol. The Morgan fingerprint density at radius 3 is 1.36 bits per heavy atom. The first kappa shape index (κ1) is 14.0. The van der Waals surface area contributed by atoms with Gasteiger partial charge in [0.2, 0.25) is 0 Å². The normalized spacial score (nSPS) is 13.5. The molecule has 0 aliphatic heterocycles. The van der Waals surface area contributed by atoms with Crippen LogP contribution >= 0.6 is 0 Å². The largest absolute Gasteiger partial charge is 0.330 e. The molecule has 1 unspecified atom stereocenters. The molecular formula is C13H29N. The third kappa shape index (κ3) is 5.64. The summed E-state index contributed by atoms with van der Waals surface area (Å²) < 4.78 is 0. The van der Waals surface area contributed by atoms with Gasteiger partial charge in [-0.1, -0.05) is 59.3 Å². The zero-order valence-corrected chi connectivity index (χ0v) is 10.4. The van der Waals surface area contributed by atoms with Crippen LogP contribution in [-0.2, 0) is 0 Å². The van der Waals surface area contributed by atoms with Gasteiger partial charge in [-0.3, -0.25) is 0 Å². The molecular weight excluding hydrogens is 170 g/mol. The summed E-state index contributed by atoms with van der Waals surface area (Å²) in [6.07, 6.45) is 9.39. The Morgan fingerprint density at radius 1 is 0.714 bits per heavy atom. The zero-order valence-electron chi connectivity index (χ0n) is 10.4. The maximum Gasteiger partial charge on any atom is -0.00745 e. The van der Waals surface area contributed by atoms with Crippen molar-refractivity contribution >= 4 is 0 Å². The number of rotatable bonds is 9. The van der Waals surface area contributed by atoms with Crippen LogP contribution in [0.15, 0.2) is 0 Å². The van der Waals surface area contributed by atoms with Crippen LogP contribution in [0.2, 0.25) is 0 Å². The second-order valence-corrected chi connectivity index (χ2v) is 4.46. The summed E-state index contributed by atoms with van der Waals surface area (Å²) >= 11 is 0. The molecule has 1 heteroatoms. The van der Waals surface area contributed by atoms with Crippen molar-refractivity contribution in [3.63, 3.8) is 0 Å². The zero-order chi connectivity index (χ0) is 10.8. The Bertz CT molecular complexity index is 85.8. The molecule has 0 amide bonds. The second kappa shape index (κ2) is 9.51. The first-order valence-corrected chi connectivity index (χ1v) is 6.50. The molecule has 0 aromatic carbocycles. The minimum Gasteiger partial charge on any atom is -0.330 e. The minimum absolute atomic E-state index is 0.870. The van der Waals surface area contributed by atoms with Gasteiger partial charge in [0.1, 0.15) is 0 Å². The van der Waals surface area contributed by atoms with E-state index >= 15 is 0 Å². The molecule has 0 aliphatic rings. The SMILES string of the molecule is CCCC(CCC)C(CCC)CCN. The summed E-state index contributed by atoms with van der Waals surface area (Å²) in [7, 11) is 0. The predicted octanol–water partition coefficient (Wildman–Crippen LogP) is 3.97. The van der Waals surface area contributed by atoms with E-state index < -0.39 is 0 Å². The highest BCUT2D eigenvalue weighted by Crippen LogP contribution is 2.28. The first-order chi connectivity index (χ1) is 6.79. The molecule has 1 atom stereocenters. The molecule has 0 spiro atoms. The summed E-state index contributed by atoms with van der Waals surface area (Å²) in [5.41, 5.74) is 5.69. The number of hydrogen-bond acceptors (Lipinski definition) is 1. The Labute approximate surface area is 90.5 Å². The van der Waals surface area contributed by atoms with E-state index in [0.29, 0.717) is 0 Å². The van der Waals surface area contributed by atoms with E-state index in [0.717, 1.165) is 18.4 Å². The molecule has 0 rings (SSSR count). The van der Waals surface area contributed by atoms with Crippen LogP contribution in [0.3, 0.4) is 0 Å². The molecule has 0 aromatic rings. The van der Waals surface area contributed by atoms with E-state index in [-0.39, 0.29) is 0 Å². The highest BCUT2D eigenvalue weighted by molar-refractivity contribution is 4.70. The summed E-state index contributed by atoms with van der Waals surface area (Å²) in [6.45, 7) is 7.76. The third-order valence-electron chi connectivity index (χ3n) is 3.18. The van der Waals surface area contributed by atoms with Gasteiger partial charge in [0, 0.05) is 0 Å². The standard InChI is InChI=1S/C13H29N/c1-4-7-12(8-5-2)13(9-6-3)10-11-14/h12-13H,4-11,14H2,1-3H3. The van der Waals surface area contributed by atoms with E-state index in [1.807, 2.05) is 0 Å². The van der Waals surface area contributed by atoms with E-state index in [2.05, 4.69) is 20.8 Å². The Balaban J connectivity index is 4.06. The third-order valence-corrected chi connectivity index (χ3v) is 3.18. The van der Waals surface area contributed by atoms with Gasteiger partial charge in [0.05, 0.1) is 0 Å². The van der Waals surface area contributed by atoms with Crippen molar-refractivity contribution in [3.8, 4) is 0 Å². The van der Waals surface area contributed by atoms with E-state index in [4.69, 9.17) is 5.73 Å². The molecule has 0 fully saturated rings. The summed E-state index contributed by atoms with van der Waals surface area (Å²) in [5.74, 6) is 1.83. The Hall–Kier alpha value is -0.0400. The van der Waals surface area contributed by atoms with Gasteiger partial charge < -0.3 is 5.73 Å².